The van der Waals surface area contributed by atoms with E-state index in [1.54, 1.807) is 0 Å². The van der Waals surface area contributed by atoms with E-state index in [0.717, 1.165) is 25.0 Å². The number of para-hydroxylation sites is 1. The van der Waals surface area contributed by atoms with E-state index >= 15 is 0 Å². The van der Waals surface area contributed by atoms with Crippen molar-refractivity contribution < 1.29 is 18.8 Å². The Kier molecular flexibility index (Phi) is 6.49. The van der Waals surface area contributed by atoms with Gasteiger partial charge in [-0.3, -0.25) is 4.79 Å². The van der Waals surface area contributed by atoms with E-state index in [1.165, 1.54) is 0 Å². The molecule has 2 aliphatic rings. The van der Waals surface area contributed by atoms with Crippen molar-refractivity contribution in [2.45, 2.75) is 44.8 Å². The fourth-order valence-corrected chi connectivity index (χ4v) is 5.05. The molecule has 1 saturated carbocycles. The number of hydrogen-bond acceptors (Lipinski definition) is 4. The normalized spacial score (nSPS) is 30.5. The predicted octanol–water partition coefficient (Wildman–Crippen LogP) is 4.20. The molecule has 1 aliphatic heterocycles. The summed E-state index contributed by atoms with van der Waals surface area (Å²) in [6, 6.07) is 9.85. The van der Waals surface area contributed by atoms with Crippen LogP contribution in [-0.4, -0.2) is 24.8 Å². The first-order valence-corrected chi connectivity index (χ1v) is 11.4. The lowest BCUT2D eigenvalue weighted by Gasteiger charge is -2.23. The van der Waals surface area contributed by atoms with Crippen LogP contribution in [0.1, 0.15) is 32.6 Å². The number of fused-ring (bicyclic) bond motifs is 1. The first-order chi connectivity index (χ1) is 11.7. The Morgan fingerprint density at radius 2 is 2.17 bits per heavy atom. The third-order valence-electron chi connectivity index (χ3n) is 5.28. The Morgan fingerprint density at radius 3 is 2.92 bits per heavy atom. The first kappa shape index (κ1) is 18.1. The first-order valence-electron chi connectivity index (χ1n) is 8.66. The summed E-state index contributed by atoms with van der Waals surface area (Å²) in [5, 5.41) is 0. The molecular weight excluding hydrogens is 342 g/mol. The number of ether oxygens (including phenoxy) is 2. The maximum Gasteiger partial charge on any atom is 0.306 e. The summed E-state index contributed by atoms with van der Waals surface area (Å²) in [6.45, 7) is 2.85. The molecule has 1 aromatic carbocycles. The smallest absolute Gasteiger partial charge is 0.306 e. The highest BCUT2D eigenvalue weighted by atomic mass is 32.0. The number of rotatable bonds is 8. The van der Waals surface area contributed by atoms with Crippen LogP contribution in [0.2, 0.25) is 0 Å². The lowest BCUT2D eigenvalue weighted by molar-refractivity contribution is -0.141. The minimum absolute atomic E-state index is 0.0199. The van der Waals surface area contributed by atoms with Crippen molar-refractivity contribution in [1.82, 2.24) is 0 Å². The van der Waals surface area contributed by atoms with Gasteiger partial charge in [-0.1, -0.05) is 34.1 Å². The minimum atomic E-state index is -0.0199. The van der Waals surface area contributed by atoms with Crippen LogP contribution in [0, 0.1) is 17.8 Å². The molecule has 0 radical (unpaired) electrons. The Hall–Kier alpha value is -0.690. The topological polar surface area (TPSA) is 44.8 Å². The summed E-state index contributed by atoms with van der Waals surface area (Å²) in [5.74, 6) is 2.43. The van der Waals surface area contributed by atoms with Crippen molar-refractivity contribution in [3.8, 4) is 5.75 Å². The Balaban J connectivity index is 1.51. The highest BCUT2D eigenvalue weighted by Crippen LogP contribution is 2.47. The van der Waals surface area contributed by atoms with Crippen molar-refractivity contribution >= 4 is 23.4 Å². The van der Waals surface area contributed by atoms with Gasteiger partial charge in [-0.05, 0) is 43.2 Å². The molecule has 132 valence electrons. The summed E-state index contributed by atoms with van der Waals surface area (Å²) in [5.41, 5.74) is 0. The van der Waals surface area contributed by atoms with E-state index in [-0.39, 0.29) is 18.2 Å². The Morgan fingerprint density at radius 1 is 1.38 bits per heavy atom. The van der Waals surface area contributed by atoms with Gasteiger partial charge in [0.1, 0.15) is 18.5 Å². The van der Waals surface area contributed by atoms with Crippen LogP contribution < -0.4 is 4.74 Å². The second-order valence-corrected chi connectivity index (χ2v) is 8.01. The standard InChI is InChI=1S/C18H26O4P2/c1-12-9-17-16(10-18(19)21-17)15(12)8-7-14(22-24-23)11-20-13-5-3-2-4-6-13/h2-6,12,14-17,24H,7-11,23H2,1H3/t12-,14-,15+,16-,17+/m1/s1. The molecule has 3 rings (SSSR count). The van der Waals surface area contributed by atoms with Gasteiger partial charge in [0.25, 0.3) is 0 Å². The van der Waals surface area contributed by atoms with Gasteiger partial charge in [0, 0.05) is 14.4 Å². The third-order valence-corrected chi connectivity index (χ3v) is 6.16. The van der Waals surface area contributed by atoms with E-state index in [1.807, 2.05) is 30.3 Å². The minimum Gasteiger partial charge on any atom is -0.491 e. The number of esters is 1. The van der Waals surface area contributed by atoms with Crippen molar-refractivity contribution in [2.24, 2.45) is 17.8 Å². The zero-order chi connectivity index (χ0) is 16.9. The van der Waals surface area contributed by atoms with Gasteiger partial charge >= 0.3 is 5.97 Å². The van der Waals surface area contributed by atoms with E-state index < -0.39 is 0 Å². The number of carbonyl (C=O) groups is 1. The van der Waals surface area contributed by atoms with Crippen molar-refractivity contribution in [3.05, 3.63) is 30.3 Å². The molecule has 2 fully saturated rings. The maximum absolute atomic E-state index is 11.5. The average molecular weight is 368 g/mol. The summed E-state index contributed by atoms with van der Waals surface area (Å²) < 4.78 is 17.2. The van der Waals surface area contributed by atoms with Crippen molar-refractivity contribution in [1.29, 1.82) is 0 Å². The molecule has 0 N–H and O–H groups in total. The largest absolute Gasteiger partial charge is 0.491 e. The average Bonchev–Trinajstić information content (AvgIpc) is 3.06. The third kappa shape index (κ3) is 4.48. The van der Waals surface area contributed by atoms with Gasteiger partial charge in [0.15, 0.2) is 0 Å². The Bertz CT molecular complexity index is 539. The highest BCUT2D eigenvalue weighted by Gasteiger charge is 2.48. The lowest BCUT2D eigenvalue weighted by Crippen LogP contribution is -2.23. The van der Waals surface area contributed by atoms with Gasteiger partial charge in [-0.2, -0.15) is 0 Å². The molecule has 1 heterocycles. The summed E-state index contributed by atoms with van der Waals surface area (Å²) in [6.07, 6.45) is 3.87. The van der Waals surface area contributed by atoms with E-state index in [0.29, 0.717) is 39.3 Å². The van der Waals surface area contributed by atoms with Gasteiger partial charge < -0.3 is 14.0 Å². The molecule has 7 atom stereocenters. The molecule has 2 unspecified atom stereocenters. The second kappa shape index (κ2) is 8.61. The van der Waals surface area contributed by atoms with Crippen LogP contribution in [0.5, 0.6) is 5.75 Å². The SMILES string of the molecule is C[C@@H]1C[C@@H]2OC(=O)C[C@@H]2[C@H]1CC[C@H](COc1ccccc1)OPP. The molecule has 0 spiro atoms. The number of carbonyl (C=O) groups excluding carboxylic acids is 1. The van der Waals surface area contributed by atoms with E-state index in [9.17, 15) is 4.79 Å². The molecule has 6 heteroatoms. The zero-order valence-electron chi connectivity index (χ0n) is 14.0. The fraction of sp³-hybridized carbons (Fsp3) is 0.611. The summed E-state index contributed by atoms with van der Waals surface area (Å²) in [4.78, 5) is 11.5. The molecular formula is C18H26O4P2. The van der Waals surface area contributed by atoms with Crippen LogP contribution in [0.25, 0.3) is 0 Å². The van der Waals surface area contributed by atoms with Crippen LogP contribution >= 0.6 is 17.4 Å². The van der Waals surface area contributed by atoms with Crippen LogP contribution in [0.3, 0.4) is 0 Å². The number of benzene rings is 1. The van der Waals surface area contributed by atoms with E-state index in [4.69, 9.17) is 14.0 Å². The van der Waals surface area contributed by atoms with Crippen molar-refractivity contribution in [3.63, 3.8) is 0 Å². The molecule has 0 bridgehead atoms. The second-order valence-electron chi connectivity index (χ2n) is 6.83. The van der Waals surface area contributed by atoms with Gasteiger partial charge in [0.2, 0.25) is 0 Å². The quantitative estimate of drug-likeness (QED) is 0.510. The van der Waals surface area contributed by atoms with Gasteiger partial charge in [-0.15, -0.1) is 0 Å². The Labute approximate surface area is 148 Å². The molecule has 1 saturated heterocycles. The van der Waals surface area contributed by atoms with Crippen molar-refractivity contribution in [2.75, 3.05) is 6.61 Å². The molecule has 4 nitrogen and oxygen atoms in total. The predicted molar refractivity (Wildman–Crippen MR) is 99.3 cm³/mol. The van der Waals surface area contributed by atoms with Gasteiger partial charge in [0.05, 0.1) is 12.5 Å². The monoisotopic (exact) mass is 368 g/mol. The summed E-state index contributed by atoms with van der Waals surface area (Å²) in [7, 11) is 3.02. The molecule has 1 aromatic rings. The lowest BCUT2D eigenvalue weighted by atomic mass is 9.84. The fourth-order valence-electron chi connectivity index (χ4n) is 4.10. The molecule has 0 aromatic heterocycles. The zero-order valence-corrected chi connectivity index (χ0v) is 16.2. The molecule has 0 amide bonds. The summed E-state index contributed by atoms with van der Waals surface area (Å²) >= 11 is 0. The highest BCUT2D eigenvalue weighted by molar-refractivity contribution is 8.00. The van der Waals surface area contributed by atoms with E-state index in [2.05, 4.69) is 15.9 Å². The molecule has 1 aliphatic carbocycles. The maximum atomic E-state index is 11.5. The number of hydrogen-bond donors (Lipinski definition) is 0. The van der Waals surface area contributed by atoms with Crippen LogP contribution in [-0.2, 0) is 14.1 Å². The molecule has 24 heavy (non-hydrogen) atoms. The van der Waals surface area contributed by atoms with Gasteiger partial charge in [-0.25, -0.2) is 0 Å². The van der Waals surface area contributed by atoms with Crippen LogP contribution in [0.4, 0.5) is 0 Å². The van der Waals surface area contributed by atoms with Crippen LogP contribution in [0.15, 0.2) is 30.3 Å².